The van der Waals surface area contributed by atoms with Gasteiger partial charge in [-0.2, -0.15) is 0 Å². The van der Waals surface area contributed by atoms with Gasteiger partial charge in [0, 0.05) is 19.6 Å². The van der Waals surface area contributed by atoms with Crippen molar-refractivity contribution in [3.63, 3.8) is 0 Å². The summed E-state index contributed by atoms with van der Waals surface area (Å²) in [5.41, 5.74) is 1.22. The first-order valence-corrected chi connectivity index (χ1v) is 7.25. The highest BCUT2D eigenvalue weighted by molar-refractivity contribution is 7.80. The Morgan fingerprint density at radius 2 is 2.16 bits per heavy atom. The number of hydrogen-bond acceptors (Lipinski definition) is 2. The zero-order chi connectivity index (χ0) is 13.7. The number of ether oxygens (including phenoxy) is 1. The van der Waals surface area contributed by atoms with E-state index in [2.05, 4.69) is 29.3 Å². The van der Waals surface area contributed by atoms with E-state index in [9.17, 15) is 0 Å². The molecule has 0 unspecified atom stereocenters. The van der Waals surface area contributed by atoms with E-state index in [0.717, 1.165) is 36.4 Å². The molecule has 4 heteroatoms. The Morgan fingerprint density at radius 1 is 1.42 bits per heavy atom. The molecule has 1 aromatic rings. The van der Waals surface area contributed by atoms with E-state index in [4.69, 9.17) is 17.0 Å². The molecule has 1 aliphatic heterocycles. The van der Waals surface area contributed by atoms with Gasteiger partial charge in [0.25, 0.3) is 0 Å². The summed E-state index contributed by atoms with van der Waals surface area (Å²) < 4.78 is 5.15. The molecule has 0 amide bonds. The van der Waals surface area contributed by atoms with Gasteiger partial charge < -0.3 is 15.0 Å². The van der Waals surface area contributed by atoms with E-state index in [1.54, 1.807) is 7.11 Å². The first-order valence-electron chi connectivity index (χ1n) is 6.84. The van der Waals surface area contributed by atoms with Gasteiger partial charge in [-0.25, -0.2) is 0 Å². The van der Waals surface area contributed by atoms with Crippen molar-refractivity contribution in [2.24, 2.45) is 5.92 Å². The minimum atomic E-state index is 0.745. The van der Waals surface area contributed by atoms with Crippen LogP contribution in [0.3, 0.4) is 0 Å². The lowest BCUT2D eigenvalue weighted by molar-refractivity contribution is 0.270. The number of rotatable bonds is 3. The van der Waals surface area contributed by atoms with Gasteiger partial charge in [0.1, 0.15) is 5.75 Å². The third-order valence-electron chi connectivity index (χ3n) is 3.55. The van der Waals surface area contributed by atoms with Crippen LogP contribution < -0.4 is 10.1 Å². The van der Waals surface area contributed by atoms with E-state index >= 15 is 0 Å². The van der Waals surface area contributed by atoms with Gasteiger partial charge in [0.15, 0.2) is 5.11 Å². The molecule has 1 atom stereocenters. The van der Waals surface area contributed by atoms with E-state index < -0.39 is 0 Å². The monoisotopic (exact) mass is 278 g/mol. The summed E-state index contributed by atoms with van der Waals surface area (Å²) in [6.07, 6.45) is 2.56. The van der Waals surface area contributed by atoms with Gasteiger partial charge in [0.05, 0.1) is 7.11 Å². The van der Waals surface area contributed by atoms with E-state index in [1.165, 1.54) is 18.4 Å². The van der Waals surface area contributed by atoms with Crippen molar-refractivity contribution in [2.45, 2.75) is 26.3 Å². The number of nitrogens with zero attached hydrogens (tertiary/aromatic N) is 1. The average molecular weight is 278 g/mol. The molecule has 19 heavy (non-hydrogen) atoms. The molecule has 0 aromatic heterocycles. The number of nitrogens with one attached hydrogen (secondary N) is 1. The van der Waals surface area contributed by atoms with E-state index in [1.807, 2.05) is 12.1 Å². The third kappa shape index (κ3) is 4.10. The van der Waals surface area contributed by atoms with Gasteiger partial charge in [-0.15, -0.1) is 0 Å². The van der Waals surface area contributed by atoms with Gasteiger partial charge in [-0.1, -0.05) is 19.1 Å². The van der Waals surface area contributed by atoms with Crippen LogP contribution in [0.25, 0.3) is 0 Å². The molecule has 0 radical (unpaired) electrons. The molecule has 0 aliphatic carbocycles. The molecular weight excluding hydrogens is 256 g/mol. The summed E-state index contributed by atoms with van der Waals surface area (Å²) in [6, 6.07) is 8.08. The summed E-state index contributed by atoms with van der Waals surface area (Å²) in [4.78, 5) is 2.28. The number of benzene rings is 1. The zero-order valence-electron chi connectivity index (χ0n) is 11.7. The second-order valence-corrected chi connectivity index (χ2v) is 5.59. The first-order chi connectivity index (χ1) is 9.19. The Kier molecular flexibility index (Phi) is 5.02. The maximum Gasteiger partial charge on any atom is 0.169 e. The Morgan fingerprint density at radius 3 is 2.79 bits per heavy atom. The van der Waals surface area contributed by atoms with Gasteiger partial charge in [0.2, 0.25) is 0 Å². The highest BCUT2D eigenvalue weighted by Gasteiger charge is 2.17. The van der Waals surface area contributed by atoms with Crippen LogP contribution in [0.2, 0.25) is 0 Å². The maximum absolute atomic E-state index is 5.46. The Hall–Kier alpha value is -1.29. The number of methoxy groups -OCH3 is 1. The Bertz CT molecular complexity index is 419. The normalized spacial score (nSPS) is 19.1. The Labute approximate surface area is 120 Å². The van der Waals surface area contributed by atoms with Gasteiger partial charge in [-0.05, 0) is 48.7 Å². The van der Waals surface area contributed by atoms with Crippen LogP contribution in [0.4, 0.5) is 0 Å². The van der Waals surface area contributed by atoms with Crippen molar-refractivity contribution >= 4 is 17.3 Å². The number of thiocarbonyl (C=S) groups is 1. The highest BCUT2D eigenvalue weighted by atomic mass is 32.1. The SMILES string of the molecule is COc1ccc(CNC(=S)N2CCC[C@H](C)C2)cc1. The van der Waals surface area contributed by atoms with Crippen LogP contribution in [0.1, 0.15) is 25.3 Å². The van der Waals surface area contributed by atoms with Crippen LogP contribution in [0, 0.1) is 5.92 Å². The van der Waals surface area contributed by atoms with Crippen molar-refractivity contribution < 1.29 is 4.74 Å². The molecule has 0 bridgehead atoms. The maximum atomic E-state index is 5.46. The second-order valence-electron chi connectivity index (χ2n) is 5.20. The van der Waals surface area contributed by atoms with Crippen LogP contribution in [-0.2, 0) is 6.54 Å². The molecule has 2 rings (SSSR count). The second kappa shape index (κ2) is 6.75. The smallest absolute Gasteiger partial charge is 0.169 e. The van der Waals surface area contributed by atoms with Gasteiger partial charge in [-0.3, -0.25) is 0 Å². The zero-order valence-corrected chi connectivity index (χ0v) is 12.5. The van der Waals surface area contributed by atoms with E-state index in [0.29, 0.717) is 0 Å². The average Bonchev–Trinajstić information content (AvgIpc) is 2.45. The minimum absolute atomic E-state index is 0.745. The largest absolute Gasteiger partial charge is 0.497 e. The van der Waals surface area contributed by atoms with Gasteiger partial charge >= 0.3 is 0 Å². The summed E-state index contributed by atoms with van der Waals surface area (Å²) in [5, 5.41) is 4.22. The lowest BCUT2D eigenvalue weighted by Gasteiger charge is -2.33. The summed E-state index contributed by atoms with van der Waals surface area (Å²) in [7, 11) is 1.68. The minimum Gasteiger partial charge on any atom is -0.497 e. The molecule has 0 saturated carbocycles. The third-order valence-corrected chi connectivity index (χ3v) is 3.95. The summed E-state index contributed by atoms with van der Waals surface area (Å²) in [6.45, 7) is 5.22. The predicted molar refractivity (Wildman–Crippen MR) is 82.4 cm³/mol. The lowest BCUT2D eigenvalue weighted by atomic mass is 10.0. The fourth-order valence-corrected chi connectivity index (χ4v) is 2.64. The molecule has 1 heterocycles. The van der Waals surface area contributed by atoms with Crippen molar-refractivity contribution in [1.29, 1.82) is 0 Å². The molecular formula is C15H22N2OS. The standard InChI is InChI=1S/C15H22N2OS/c1-12-4-3-9-17(11-12)15(19)16-10-13-5-7-14(18-2)8-6-13/h5-8,12H,3-4,9-11H2,1-2H3,(H,16,19)/t12-/m0/s1. The van der Waals surface area contributed by atoms with E-state index in [-0.39, 0.29) is 0 Å². The quantitative estimate of drug-likeness (QED) is 0.859. The number of likely N-dealkylation sites (tertiary alicyclic amines) is 1. The van der Waals surface area contributed by atoms with Crippen molar-refractivity contribution in [2.75, 3.05) is 20.2 Å². The number of hydrogen-bond donors (Lipinski definition) is 1. The summed E-state index contributed by atoms with van der Waals surface area (Å²) >= 11 is 5.46. The molecule has 3 nitrogen and oxygen atoms in total. The number of piperidine rings is 1. The first kappa shape index (κ1) is 14.1. The van der Waals surface area contributed by atoms with Crippen LogP contribution in [0.5, 0.6) is 5.75 Å². The van der Waals surface area contributed by atoms with Crippen molar-refractivity contribution in [3.8, 4) is 5.75 Å². The Balaban J connectivity index is 1.82. The molecule has 0 spiro atoms. The topological polar surface area (TPSA) is 24.5 Å². The molecule has 1 N–H and O–H groups in total. The predicted octanol–water partition coefficient (Wildman–Crippen LogP) is 2.80. The molecule has 1 fully saturated rings. The molecule has 104 valence electrons. The van der Waals surface area contributed by atoms with Crippen molar-refractivity contribution in [3.05, 3.63) is 29.8 Å². The molecule has 1 aliphatic rings. The fourth-order valence-electron chi connectivity index (χ4n) is 2.41. The molecule has 1 saturated heterocycles. The fraction of sp³-hybridized carbons (Fsp3) is 0.533. The highest BCUT2D eigenvalue weighted by Crippen LogP contribution is 2.16. The van der Waals surface area contributed by atoms with Crippen LogP contribution >= 0.6 is 12.2 Å². The summed E-state index contributed by atoms with van der Waals surface area (Å²) in [5.74, 6) is 1.63. The molecule has 1 aromatic carbocycles. The van der Waals surface area contributed by atoms with Crippen LogP contribution in [-0.4, -0.2) is 30.2 Å². The lowest BCUT2D eigenvalue weighted by Crippen LogP contribution is -2.44. The van der Waals surface area contributed by atoms with Crippen molar-refractivity contribution in [1.82, 2.24) is 10.2 Å². The van der Waals surface area contributed by atoms with Crippen LogP contribution in [0.15, 0.2) is 24.3 Å².